The maximum Gasteiger partial charge on any atom is 0.130 e. The van der Waals surface area contributed by atoms with E-state index < -0.39 is 0 Å². The molecule has 0 bridgehead atoms. The molecule has 21 heavy (non-hydrogen) atoms. The van der Waals surface area contributed by atoms with Crippen molar-refractivity contribution < 1.29 is 0 Å². The summed E-state index contributed by atoms with van der Waals surface area (Å²) in [6.45, 7) is 2.39. The second-order valence-electron chi connectivity index (χ2n) is 6.14. The normalized spacial score (nSPS) is 22.4. The van der Waals surface area contributed by atoms with E-state index in [1.54, 1.807) is 0 Å². The first-order chi connectivity index (χ1) is 10.3. The summed E-state index contributed by atoms with van der Waals surface area (Å²) in [5.41, 5.74) is 2.40. The summed E-state index contributed by atoms with van der Waals surface area (Å²) in [4.78, 5) is 4.75. The number of nitrogens with one attached hydrogen (secondary N) is 1. The van der Waals surface area contributed by atoms with Crippen molar-refractivity contribution in [1.82, 2.24) is 4.98 Å². The smallest absolute Gasteiger partial charge is 0.130 e. The van der Waals surface area contributed by atoms with Gasteiger partial charge in [-0.05, 0) is 30.9 Å². The van der Waals surface area contributed by atoms with Crippen LogP contribution < -0.4 is 5.32 Å². The first kappa shape index (κ1) is 14.7. The van der Waals surface area contributed by atoms with E-state index in [9.17, 15) is 0 Å². The summed E-state index contributed by atoms with van der Waals surface area (Å²) in [5.74, 6) is 2.99. The van der Waals surface area contributed by atoms with Gasteiger partial charge >= 0.3 is 0 Å². The lowest BCUT2D eigenvalue weighted by atomic mass is 9.91. The van der Waals surface area contributed by atoms with Crippen LogP contribution in [-0.2, 0) is 5.75 Å². The van der Waals surface area contributed by atoms with Crippen molar-refractivity contribution in [2.75, 3.05) is 12.4 Å². The van der Waals surface area contributed by atoms with Crippen molar-refractivity contribution in [3.63, 3.8) is 0 Å². The molecule has 0 amide bonds. The van der Waals surface area contributed by atoms with E-state index in [-0.39, 0.29) is 0 Å². The number of fused-ring (bicyclic) bond motifs is 1. The van der Waals surface area contributed by atoms with Crippen molar-refractivity contribution in [2.24, 2.45) is 5.92 Å². The Bertz CT molecular complexity index is 611. The minimum Gasteiger partial charge on any atom is -0.373 e. The monoisotopic (exact) mass is 300 g/mol. The molecule has 2 atom stereocenters. The third-order valence-corrected chi connectivity index (χ3v) is 5.78. The summed E-state index contributed by atoms with van der Waals surface area (Å²) < 4.78 is 0. The molecule has 2 unspecified atom stereocenters. The number of aromatic nitrogens is 1. The average molecular weight is 300 g/mol. The second-order valence-corrected chi connectivity index (χ2v) is 7.43. The van der Waals surface area contributed by atoms with E-state index in [0.29, 0.717) is 0 Å². The zero-order chi connectivity index (χ0) is 14.7. The van der Waals surface area contributed by atoms with Gasteiger partial charge in [-0.15, -0.1) is 0 Å². The molecule has 0 radical (unpaired) electrons. The summed E-state index contributed by atoms with van der Waals surface area (Å²) in [6, 6.07) is 10.7. The fourth-order valence-electron chi connectivity index (χ4n) is 3.22. The highest BCUT2D eigenvalue weighted by Gasteiger charge is 2.19. The van der Waals surface area contributed by atoms with Gasteiger partial charge in [-0.2, -0.15) is 11.8 Å². The minimum atomic E-state index is 0.824. The molecule has 0 spiro atoms. The minimum absolute atomic E-state index is 0.824. The lowest BCUT2D eigenvalue weighted by Gasteiger charge is -2.26. The Hall–Kier alpha value is -1.22. The van der Waals surface area contributed by atoms with Crippen molar-refractivity contribution in [2.45, 2.75) is 43.6 Å². The number of thioether (sulfide) groups is 1. The van der Waals surface area contributed by atoms with Crippen LogP contribution in [0.5, 0.6) is 0 Å². The molecule has 0 saturated heterocycles. The largest absolute Gasteiger partial charge is 0.373 e. The standard InChI is InChI=1S/C18H24N2S/c1-13-6-5-8-16(10-13)21-12-15-11-14-7-3-4-9-17(14)20-18(15)19-2/h3-4,7,9,11,13,16H,5-6,8,10,12H2,1-2H3,(H,19,20). The number of para-hydroxylation sites is 1. The Morgan fingerprint density at radius 2 is 2.14 bits per heavy atom. The number of anilines is 1. The highest BCUT2D eigenvalue weighted by atomic mass is 32.2. The van der Waals surface area contributed by atoms with Crippen LogP contribution in [0.3, 0.4) is 0 Å². The summed E-state index contributed by atoms with van der Waals surface area (Å²) in [7, 11) is 1.97. The molecule has 1 aromatic carbocycles. The van der Waals surface area contributed by atoms with Crippen LogP contribution in [0.15, 0.2) is 30.3 Å². The van der Waals surface area contributed by atoms with Crippen molar-refractivity contribution >= 4 is 28.5 Å². The molecule has 1 aliphatic carbocycles. The van der Waals surface area contributed by atoms with Crippen LogP contribution in [0.1, 0.15) is 38.2 Å². The lowest BCUT2D eigenvalue weighted by Crippen LogP contribution is -2.15. The summed E-state index contributed by atoms with van der Waals surface area (Å²) in [6.07, 6.45) is 5.56. The van der Waals surface area contributed by atoms with E-state index in [1.807, 2.05) is 13.1 Å². The van der Waals surface area contributed by atoms with Gasteiger partial charge in [0, 0.05) is 29.0 Å². The molecular weight excluding hydrogens is 276 g/mol. The van der Waals surface area contributed by atoms with Gasteiger partial charge < -0.3 is 5.32 Å². The molecular formula is C18H24N2S. The average Bonchev–Trinajstić information content (AvgIpc) is 2.52. The Labute approximate surface area is 131 Å². The third kappa shape index (κ3) is 3.52. The predicted molar refractivity (Wildman–Crippen MR) is 94.0 cm³/mol. The zero-order valence-corrected chi connectivity index (χ0v) is 13.7. The van der Waals surface area contributed by atoms with Crippen molar-refractivity contribution in [3.8, 4) is 0 Å². The maximum absolute atomic E-state index is 4.75. The topological polar surface area (TPSA) is 24.9 Å². The van der Waals surface area contributed by atoms with Gasteiger partial charge in [0.05, 0.1) is 5.52 Å². The van der Waals surface area contributed by atoms with E-state index >= 15 is 0 Å². The molecule has 1 N–H and O–H groups in total. The predicted octanol–water partition coefficient (Wildman–Crippen LogP) is 5.09. The number of hydrogen-bond donors (Lipinski definition) is 1. The zero-order valence-electron chi connectivity index (χ0n) is 12.9. The molecule has 3 rings (SSSR count). The van der Waals surface area contributed by atoms with Gasteiger partial charge in [0.15, 0.2) is 0 Å². The Morgan fingerprint density at radius 3 is 2.95 bits per heavy atom. The third-order valence-electron chi connectivity index (χ3n) is 4.40. The molecule has 1 aliphatic rings. The number of hydrogen-bond acceptors (Lipinski definition) is 3. The van der Waals surface area contributed by atoms with E-state index in [4.69, 9.17) is 4.98 Å². The molecule has 1 fully saturated rings. The quantitative estimate of drug-likeness (QED) is 0.851. The first-order valence-corrected chi connectivity index (χ1v) is 8.99. The first-order valence-electron chi connectivity index (χ1n) is 7.94. The maximum atomic E-state index is 4.75. The molecule has 1 aromatic heterocycles. The summed E-state index contributed by atoms with van der Waals surface area (Å²) >= 11 is 2.11. The van der Waals surface area contributed by atoms with Gasteiger partial charge in [-0.3, -0.25) is 0 Å². The number of nitrogens with zero attached hydrogens (tertiary/aromatic N) is 1. The van der Waals surface area contributed by atoms with Crippen LogP contribution in [0.25, 0.3) is 10.9 Å². The highest BCUT2D eigenvalue weighted by Crippen LogP contribution is 2.35. The van der Waals surface area contributed by atoms with Crippen LogP contribution in [-0.4, -0.2) is 17.3 Å². The fourth-order valence-corrected chi connectivity index (χ4v) is 4.66. The number of rotatable bonds is 4. The SMILES string of the molecule is CNc1nc2ccccc2cc1CSC1CCCC(C)C1. The molecule has 1 heterocycles. The second kappa shape index (κ2) is 6.69. The van der Waals surface area contributed by atoms with Crippen molar-refractivity contribution in [3.05, 3.63) is 35.9 Å². The van der Waals surface area contributed by atoms with E-state index in [2.05, 4.69) is 48.3 Å². The van der Waals surface area contributed by atoms with Gasteiger partial charge in [-0.1, -0.05) is 38.0 Å². The van der Waals surface area contributed by atoms with Crippen molar-refractivity contribution in [1.29, 1.82) is 0 Å². The Balaban J connectivity index is 1.76. The van der Waals surface area contributed by atoms with E-state index in [1.165, 1.54) is 36.6 Å². The molecule has 3 heteroatoms. The van der Waals surface area contributed by atoms with E-state index in [0.717, 1.165) is 28.3 Å². The summed E-state index contributed by atoms with van der Waals surface area (Å²) in [5, 5.41) is 5.32. The van der Waals surface area contributed by atoms with Gasteiger partial charge in [-0.25, -0.2) is 4.98 Å². The van der Waals surface area contributed by atoms with Crippen LogP contribution in [0.2, 0.25) is 0 Å². The molecule has 2 aromatic rings. The molecule has 1 saturated carbocycles. The van der Waals surface area contributed by atoms with Gasteiger partial charge in [0.1, 0.15) is 5.82 Å². The lowest BCUT2D eigenvalue weighted by molar-refractivity contribution is 0.394. The number of pyridine rings is 1. The number of benzene rings is 1. The fraction of sp³-hybridized carbons (Fsp3) is 0.500. The van der Waals surface area contributed by atoms with Gasteiger partial charge in [0.25, 0.3) is 0 Å². The molecule has 112 valence electrons. The van der Waals surface area contributed by atoms with Crippen LogP contribution in [0, 0.1) is 5.92 Å². The molecule has 0 aliphatic heterocycles. The van der Waals surface area contributed by atoms with Crippen LogP contribution >= 0.6 is 11.8 Å². The highest BCUT2D eigenvalue weighted by molar-refractivity contribution is 7.99. The Kier molecular flexibility index (Phi) is 4.69. The van der Waals surface area contributed by atoms with Gasteiger partial charge in [0.2, 0.25) is 0 Å². The Morgan fingerprint density at radius 1 is 1.29 bits per heavy atom. The molecule has 2 nitrogen and oxygen atoms in total. The van der Waals surface area contributed by atoms with Crippen LogP contribution in [0.4, 0.5) is 5.82 Å².